The van der Waals surface area contributed by atoms with Crippen molar-refractivity contribution in [3.8, 4) is 0 Å². The van der Waals surface area contributed by atoms with Crippen LogP contribution in [0.3, 0.4) is 0 Å². The van der Waals surface area contributed by atoms with E-state index in [0.717, 1.165) is 25.3 Å². The van der Waals surface area contributed by atoms with E-state index in [-0.39, 0.29) is 0 Å². The molecule has 1 N–H and O–H groups in total. The minimum Gasteiger partial charge on any atom is -0.315 e. The minimum absolute atomic E-state index is 0.409. The van der Waals surface area contributed by atoms with Crippen LogP contribution in [0.4, 0.5) is 0 Å². The zero-order valence-electron chi connectivity index (χ0n) is 6.62. The van der Waals surface area contributed by atoms with Crippen molar-refractivity contribution < 1.29 is 0 Å². The van der Waals surface area contributed by atoms with Crippen LogP contribution in [0.1, 0.15) is 25.2 Å². The number of hydrogen-bond donors (Lipinski definition) is 1. The Kier molecular flexibility index (Phi) is 1.62. The number of aromatic nitrogens is 3. The molecule has 0 fully saturated rings. The van der Waals surface area contributed by atoms with Crippen molar-refractivity contribution in [3.63, 3.8) is 0 Å². The van der Waals surface area contributed by atoms with Crippen LogP contribution >= 0.6 is 0 Å². The molecule has 1 aromatic heterocycles. The van der Waals surface area contributed by atoms with Crippen molar-refractivity contribution in [1.82, 2.24) is 20.1 Å². The molecule has 0 bridgehead atoms. The summed E-state index contributed by atoms with van der Waals surface area (Å²) in [6, 6.07) is 0.409. The van der Waals surface area contributed by atoms with Gasteiger partial charge in [0.15, 0.2) is 0 Å². The van der Waals surface area contributed by atoms with E-state index in [9.17, 15) is 0 Å². The van der Waals surface area contributed by atoms with Gasteiger partial charge in [-0.25, -0.2) is 0 Å². The SMILES string of the molecule is CCC1NCCn2cnnc21. The summed E-state index contributed by atoms with van der Waals surface area (Å²) in [5.74, 6) is 1.08. The second kappa shape index (κ2) is 2.62. The quantitative estimate of drug-likeness (QED) is 0.630. The van der Waals surface area contributed by atoms with Crippen LogP contribution in [0.15, 0.2) is 6.33 Å². The smallest absolute Gasteiger partial charge is 0.150 e. The second-order valence-corrected chi connectivity index (χ2v) is 2.80. The molecule has 0 radical (unpaired) electrons. The van der Waals surface area contributed by atoms with Gasteiger partial charge in [-0.2, -0.15) is 0 Å². The van der Waals surface area contributed by atoms with Gasteiger partial charge in [0.25, 0.3) is 0 Å². The van der Waals surface area contributed by atoms with E-state index in [1.807, 2.05) is 0 Å². The average molecular weight is 152 g/mol. The molecule has 0 saturated heterocycles. The highest BCUT2D eigenvalue weighted by atomic mass is 15.3. The summed E-state index contributed by atoms with van der Waals surface area (Å²) >= 11 is 0. The molecular formula is C7H12N4. The summed E-state index contributed by atoms with van der Waals surface area (Å²) in [5.41, 5.74) is 0. The van der Waals surface area contributed by atoms with Crippen LogP contribution in [0.5, 0.6) is 0 Å². The molecule has 1 aliphatic heterocycles. The third-order valence-corrected chi connectivity index (χ3v) is 2.11. The van der Waals surface area contributed by atoms with Crippen molar-refractivity contribution in [2.75, 3.05) is 6.54 Å². The molecule has 2 heterocycles. The van der Waals surface area contributed by atoms with Gasteiger partial charge in [0.05, 0.1) is 6.04 Å². The van der Waals surface area contributed by atoms with Crippen LogP contribution < -0.4 is 5.32 Å². The van der Waals surface area contributed by atoms with Gasteiger partial charge in [-0.15, -0.1) is 10.2 Å². The Morgan fingerprint density at radius 3 is 3.55 bits per heavy atom. The number of fused-ring (bicyclic) bond motifs is 1. The zero-order chi connectivity index (χ0) is 7.68. The fourth-order valence-corrected chi connectivity index (χ4v) is 1.48. The number of hydrogen-bond acceptors (Lipinski definition) is 3. The van der Waals surface area contributed by atoms with E-state index in [1.165, 1.54) is 0 Å². The molecule has 0 spiro atoms. The van der Waals surface area contributed by atoms with E-state index in [1.54, 1.807) is 6.33 Å². The lowest BCUT2D eigenvalue weighted by molar-refractivity contribution is 0.405. The third kappa shape index (κ3) is 1.03. The monoisotopic (exact) mass is 152 g/mol. The fourth-order valence-electron chi connectivity index (χ4n) is 1.48. The normalized spacial score (nSPS) is 23.2. The highest BCUT2D eigenvalue weighted by molar-refractivity contribution is 4.97. The van der Waals surface area contributed by atoms with E-state index in [0.29, 0.717) is 6.04 Å². The maximum atomic E-state index is 4.06. The van der Waals surface area contributed by atoms with Crippen molar-refractivity contribution in [2.45, 2.75) is 25.9 Å². The average Bonchev–Trinajstić information content (AvgIpc) is 2.50. The van der Waals surface area contributed by atoms with Gasteiger partial charge >= 0.3 is 0 Å². The first-order chi connectivity index (χ1) is 5.42. The molecule has 0 aromatic carbocycles. The first kappa shape index (κ1) is 6.79. The van der Waals surface area contributed by atoms with Crippen LogP contribution in [-0.4, -0.2) is 21.3 Å². The van der Waals surface area contributed by atoms with Crippen LogP contribution in [-0.2, 0) is 6.54 Å². The summed E-state index contributed by atoms with van der Waals surface area (Å²) in [5, 5.41) is 11.3. The molecule has 0 amide bonds. The summed E-state index contributed by atoms with van der Waals surface area (Å²) in [6.07, 6.45) is 2.89. The van der Waals surface area contributed by atoms with Crippen molar-refractivity contribution in [1.29, 1.82) is 0 Å². The van der Waals surface area contributed by atoms with Gasteiger partial charge in [0, 0.05) is 13.1 Å². The fraction of sp³-hybridized carbons (Fsp3) is 0.714. The van der Waals surface area contributed by atoms with E-state index >= 15 is 0 Å². The Labute approximate surface area is 65.6 Å². The molecule has 1 atom stereocenters. The van der Waals surface area contributed by atoms with Crippen molar-refractivity contribution in [3.05, 3.63) is 12.2 Å². The van der Waals surface area contributed by atoms with Crippen molar-refractivity contribution >= 4 is 0 Å². The summed E-state index contributed by atoms with van der Waals surface area (Å²) in [7, 11) is 0. The topological polar surface area (TPSA) is 42.7 Å². The lowest BCUT2D eigenvalue weighted by Gasteiger charge is -2.22. The zero-order valence-corrected chi connectivity index (χ0v) is 6.62. The Balaban J connectivity index is 2.32. The molecule has 1 unspecified atom stereocenters. The summed E-state index contributed by atoms with van der Waals surface area (Å²) in [6.45, 7) is 4.18. The number of nitrogens with zero attached hydrogens (tertiary/aromatic N) is 3. The molecule has 4 nitrogen and oxygen atoms in total. The van der Waals surface area contributed by atoms with Gasteiger partial charge < -0.3 is 9.88 Å². The Bertz CT molecular complexity index is 242. The summed E-state index contributed by atoms with van der Waals surface area (Å²) < 4.78 is 2.12. The molecule has 60 valence electrons. The molecule has 4 heteroatoms. The predicted molar refractivity (Wildman–Crippen MR) is 41.1 cm³/mol. The minimum atomic E-state index is 0.409. The van der Waals surface area contributed by atoms with E-state index in [2.05, 4.69) is 27.0 Å². The first-order valence-electron chi connectivity index (χ1n) is 4.03. The lowest BCUT2D eigenvalue weighted by Crippen LogP contribution is -2.32. The highest BCUT2D eigenvalue weighted by Crippen LogP contribution is 2.16. The lowest BCUT2D eigenvalue weighted by atomic mass is 10.2. The third-order valence-electron chi connectivity index (χ3n) is 2.11. The van der Waals surface area contributed by atoms with Crippen molar-refractivity contribution in [2.24, 2.45) is 0 Å². The van der Waals surface area contributed by atoms with Gasteiger partial charge in [-0.05, 0) is 6.42 Å². The van der Waals surface area contributed by atoms with Crippen LogP contribution in [0, 0.1) is 0 Å². The maximum Gasteiger partial charge on any atom is 0.150 e. The molecule has 11 heavy (non-hydrogen) atoms. The first-order valence-corrected chi connectivity index (χ1v) is 4.03. The van der Waals surface area contributed by atoms with Gasteiger partial charge in [0.2, 0.25) is 0 Å². The maximum absolute atomic E-state index is 4.06. The molecule has 0 saturated carbocycles. The predicted octanol–water partition coefficient (Wildman–Crippen LogP) is 0.332. The molecule has 1 aliphatic rings. The standard InChI is InChI=1S/C7H12N4/c1-2-6-7-10-9-5-11(7)4-3-8-6/h5-6,8H,2-4H2,1H3. The van der Waals surface area contributed by atoms with Crippen LogP contribution in [0.2, 0.25) is 0 Å². The van der Waals surface area contributed by atoms with Gasteiger partial charge in [-0.1, -0.05) is 6.92 Å². The van der Waals surface area contributed by atoms with Gasteiger partial charge in [-0.3, -0.25) is 0 Å². The van der Waals surface area contributed by atoms with E-state index in [4.69, 9.17) is 0 Å². The Morgan fingerprint density at radius 1 is 1.82 bits per heavy atom. The second-order valence-electron chi connectivity index (χ2n) is 2.80. The molecular weight excluding hydrogens is 140 g/mol. The molecule has 0 aliphatic carbocycles. The number of rotatable bonds is 1. The van der Waals surface area contributed by atoms with E-state index < -0.39 is 0 Å². The molecule has 2 rings (SSSR count). The molecule has 1 aromatic rings. The van der Waals surface area contributed by atoms with Crippen LogP contribution in [0.25, 0.3) is 0 Å². The summed E-state index contributed by atoms with van der Waals surface area (Å²) in [4.78, 5) is 0. The Morgan fingerprint density at radius 2 is 2.73 bits per heavy atom. The van der Waals surface area contributed by atoms with Gasteiger partial charge in [0.1, 0.15) is 12.2 Å². The Hall–Kier alpha value is -0.900. The largest absolute Gasteiger partial charge is 0.315 e. The number of nitrogens with one attached hydrogen (secondary N) is 1. The highest BCUT2D eigenvalue weighted by Gasteiger charge is 2.18.